The van der Waals surface area contributed by atoms with Crippen LogP contribution < -0.4 is 5.32 Å². The molecule has 0 bridgehead atoms. The van der Waals surface area contributed by atoms with E-state index in [1.54, 1.807) is 24.3 Å². The largest absolute Gasteiger partial charge is 0.409 e. The molecule has 0 spiro atoms. The number of carbonyl (C=O) groups excluding carboxylic acids is 1. The predicted molar refractivity (Wildman–Crippen MR) is 80.3 cm³/mol. The molecule has 0 saturated carbocycles. The monoisotopic (exact) mass is 319 g/mol. The molecule has 0 aliphatic carbocycles. The Hall–Kier alpha value is -2.93. The molecular formula is C14H10ClN3O4. The summed E-state index contributed by atoms with van der Waals surface area (Å²) in [5, 5.41) is 25.5. The van der Waals surface area contributed by atoms with Crippen molar-refractivity contribution in [2.45, 2.75) is 0 Å². The lowest BCUT2D eigenvalue weighted by molar-refractivity contribution is -0.384. The number of nitro benzene ring substituents is 1. The average molecular weight is 320 g/mol. The van der Waals surface area contributed by atoms with Crippen molar-refractivity contribution >= 4 is 29.0 Å². The SMILES string of the molecule is O=C(N/C(=N/O)c1ccc(Cl)cc1)c1ccc([N+](=O)[O-])cc1. The summed E-state index contributed by atoms with van der Waals surface area (Å²) in [5.41, 5.74) is 0.535. The van der Waals surface area contributed by atoms with E-state index >= 15 is 0 Å². The number of halogens is 1. The van der Waals surface area contributed by atoms with Gasteiger partial charge in [-0.25, -0.2) is 0 Å². The van der Waals surface area contributed by atoms with Crippen molar-refractivity contribution in [2.24, 2.45) is 5.16 Å². The standard InChI is InChI=1S/C14H10ClN3O4/c15-11-5-1-9(2-6-11)13(17-20)16-14(19)10-3-7-12(8-4-10)18(21)22/h1-8,20H,(H,16,17,19). The van der Waals surface area contributed by atoms with Crippen LogP contribution in [0.3, 0.4) is 0 Å². The zero-order valence-corrected chi connectivity index (χ0v) is 11.8. The number of carbonyl (C=O) groups is 1. The van der Waals surface area contributed by atoms with Crippen LogP contribution in [0.2, 0.25) is 5.02 Å². The first-order chi connectivity index (χ1) is 10.5. The number of rotatable bonds is 3. The predicted octanol–water partition coefficient (Wildman–Crippen LogP) is 2.81. The molecule has 112 valence electrons. The lowest BCUT2D eigenvalue weighted by Crippen LogP contribution is -2.31. The number of nitro groups is 1. The van der Waals surface area contributed by atoms with Gasteiger partial charge in [-0.05, 0) is 36.4 Å². The van der Waals surface area contributed by atoms with Crippen molar-refractivity contribution in [3.8, 4) is 0 Å². The molecule has 0 aliphatic rings. The Morgan fingerprint density at radius 2 is 1.64 bits per heavy atom. The lowest BCUT2D eigenvalue weighted by atomic mass is 10.1. The number of non-ortho nitro benzene ring substituents is 1. The van der Waals surface area contributed by atoms with Crippen LogP contribution in [-0.4, -0.2) is 21.9 Å². The summed E-state index contributed by atoms with van der Waals surface area (Å²) in [6, 6.07) is 11.4. The molecule has 0 heterocycles. The Morgan fingerprint density at radius 1 is 1.09 bits per heavy atom. The van der Waals surface area contributed by atoms with Gasteiger partial charge in [-0.15, -0.1) is 0 Å². The summed E-state index contributed by atoms with van der Waals surface area (Å²) < 4.78 is 0. The molecule has 0 unspecified atom stereocenters. The fourth-order valence-electron chi connectivity index (χ4n) is 1.68. The summed E-state index contributed by atoms with van der Waals surface area (Å²) >= 11 is 5.76. The molecule has 1 amide bonds. The maximum Gasteiger partial charge on any atom is 0.269 e. The van der Waals surface area contributed by atoms with Gasteiger partial charge in [-0.3, -0.25) is 14.9 Å². The summed E-state index contributed by atoms with van der Waals surface area (Å²) in [5.74, 6) is -0.613. The van der Waals surface area contributed by atoms with Gasteiger partial charge in [0.05, 0.1) is 4.92 Å². The third kappa shape index (κ3) is 3.58. The van der Waals surface area contributed by atoms with Crippen molar-refractivity contribution in [1.82, 2.24) is 5.32 Å². The van der Waals surface area contributed by atoms with Crippen LogP contribution in [0, 0.1) is 10.1 Å². The van der Waals surface area contributed by atoms with Gasteiger partial charge in [0.1, 0.15) is 0 Å². The molecular weight excluding hydrogens is 310 g/mol. The normalized spacial score (nSPS) is 11.0. The highest BCUT2D eigenvalue weighted by atomic mass is 35.5. The minimum absolute atomic E-state index is 0.0555. The molecule has 7 nitrogen and oxygen atoms in total. The number of amides is 1. The van der Waals surface area contributed by atoms with Crippen molar-refractivity contribution in [2.75, 3.05) is 0 Å². The van der Waals surface area contributed by atoms with Crippen molar-refractivity contribution in [3.63, 3.8) is 0 Å². The Kier molecular flexibility index (Phi) is 4.70. The molecule has 2 rings (SSSR count). The van der Waals surface area contributed by atoms with Gasteiger partial charge >= 0.3 is 0 Å². The second-order valence-electron chi connectivity index (χ2n) is 4.21. The average Bonchev–Trinajstić information content (AvgIpc) is 2.53. The molecule has 0 aromatic heterocycles. The zero-order valence-electron chi connectivity index (χ0n) is 11.1. The van der Waals surface area contributed by atoms with Gasteiger partial charge in [0, 0.05) is 28.3 Å². The molecule has 0 aliphatic heterocycles. The van der Waals surface area contributed by atoms with E-state index in [1.807, 2.05) is 0 Å². The van der Waals surface area contributed by atoms with Gasteiger partial charge in [-0.1, -0.05) is 16.8 Å². The van der Waals surface area contributed by atoms with Crippen LogP contribution in [0.1, 0.15) is 15.9 Å². The Balaban J connectivity index is 2.15. The molecule has 0 radical (unpaired) electrons. The molecule has 2 aromatic carbocycles. The first-order valence-electron chi connectivity index (χ1n) is 6.05. The van der Waals surface area contributed by atoms with Crippen LogP contribution in [-0.2, 0) is 0 Å². The summed E-state index contributed by atoms with van der Waals surface area (Å²) in [6.45, 7) is 0. The zero-order chi connectivity index (χ0) is 16.1. The topological polar surface area (TPSA) is 105 Å². The van der Waals surface area contributed by atoms with Crippen LogP contribution >= 0.6 is 11.6 Å². The highest BCUT2D eigenvalue weighted by Crippen LogP contribution is 2.13. The Labute approximate surface area is 130 Å². The van der Waals surface area contributed by atoms with E-state index in [-0.39, 0.29) is 17.1 Å². The van der Waals surface area contributed by atoms with Gasteiger partial charge < -0.3 is 10.5 Å². The highest BCUT2D eigenvalue weighted by molar-refractivity contribution is 6.30. The number of benzene rings is 2. The van der Waals surface area contributed by atoms with E-state index < -0.39 is 10.8 Å². The third-order valence-electron chi connectivity index (χ3n) is 2.79. The number of nitrogens with one attached hydrogen (secondary N) is 1. The van der Waals surface area contributed by atoms with E-state index in [2.05, 4.69) is 10.5 Å². The lowest BCUT2D eigenvalue weighted by Gasteiger charge is -2.07. The molecule has 0 saturated heterocycles. The van der Waals surface area contributed by atoms with Crippen molar-refractivity contribution in [1.29, 1.82) is 0 Å². The van der Waals surface area contributed by atoms with E-state index in [0.29, 0.717) is 10.6 Å². The molecule has 0 atom stereocenters. The van der Waals surface area contributed by atoms with Gasteiger partial charge in [-0.2, -0.15) is 0 Å². The Bertz CT molecular complexity index is 727. The van der Waals surface area contributed by atoms with Crippen molar-refractivity contribution in [3.05, 3.63) is 74.8 Å². The highest BCUT2D eigenvalue weighted by Gasteiger charge is 2.13. The fraction of sp³-hybridized carbons (Fsp3) is 0. The maximum absolute atomic E-state index is 12.0. The minimum Gasteiger partial charge on any atom is -0.409 e. The summed E-state index contributed by atoms with van der Waals surface area (Å²) in [4.78, 5) is 22.0. The van der Waals surface area contributed by atoms with Gasteiger partial charge in [0.2, 0.25) is 0 Å². The fourth-order valence-corrected chi connectivity index (χ4v) is 1.80. The minimum atomic E-state index is -0.560. The van der Waals surface area contributed by atoms with Crippen LogP contribution in [0.4, 0.5) is 5.69 Å². The molecule has 0 fully saturated rings. The molecule has 8 heteroatoms. The third-order valence-corrected chi connectivity index (χ3v) is 3.04. The van der Waals surface area contributed by atoms with E-state index in [1.165, 1.54) is 24.3 Å². The number of amidine groups is 1. The smallest absolute Gasteiger partial charge is 0.269 e. The van der Waals surface area contributed by atoms with Crippen LogP contribution in [0.25, 0.3) is 0 Å². The van der Waals surface area contributed by atoms with Crippen LogP contribution in [0.15, 0.2) is 53.7 Å². The maximum atomic E-state index is 12.0. The number of nitrogens with zero attached hydrogens (tertiary/aromatic N) is 2. The first kappa shape index (κ1) is 15.5. The first-order valence-corrected chi connectivity index (χ1v) is 6.43. The molecule has 22 heavy (non-hydrogen) atoms. The van der Waals surface area contributed by atoms with E-state index in [9.17, 15) is 14.9 Å². The summed E-state index contributed by atoms with van der Waals surface area (Å²) in [7, 11) is 0. The van der Waals surface area contributed by atoms with Gasteiger partial charge in [0.15, 0.2) is 5.84 Å². The number of hydrogen-bond acceptors (Lipinski definition) is 5. The number of hydrogen-bond donors (Lipinski definition) is 2. The second-order valence-corrected chi connectivity index (χ2v) is 4.65. The molecule has 2 N–H and O–H groups in total. The number of oxime groups is 1. The Morgan fingerprint density at radius 3 is 2.14 bits per heavy atom. The summed E-state index contributed by atoms with van der Waals surface area (Å²) in [6.07, 6.45) is 0. The van der Waals surface area contributed by atoms with Crippen molar-refractivity contribution < 1.29 is 14.9 Å². The van der Waals surface area contributed by atoms with E-state index in [0.717, 1.165) is 0 Å². The van der Waals surface area contributed by atoms with Crippen LogP contribution in [0.5, 0.6) is 0 Å². The second kappa shape index (κ2) is 6.68. The van der Waals surface area contributed by atoms with Gasteiger partial charge in [0.25, 0.3) is 11.6 Å². The quantitative estimate of drug-likeness (QED) is 0.298. The molecule has 2 aromatic rings. The van der Waals surface area contributed by atoms with E-state index in [4.69, 9.17) is 16.8 Å².